The van der Waals surface area contributed by atoms with Crippen molar-refractivity contribution in [3.8, 4) is 0 Å². The van der Waals surface area contributed by atoms with E-state index in [1.54, 1.807) is 35.0 Å². The van der Waals surface area contributed by atoms with Gasteiger partial charge in [-0.1, -0.05) is 23.9 Å². The maximum absolute atomic E-state index is 12.9. The average molecular weight is 464 g/mol. The second-order valence-corrected chi connectivity index (χ2v) is 8.80. The summed E-state index contributed by atoms with van der Waals surface area (Å²) in [7, 11) is 0. The summed E-state index contributed by atoms with van der Waals surface area (Å²) < 4.78 is 1.72. The molecule has 8 nitrogen and oxygen atoms in total. The fourth-order valence-corrected chi connectivity index (χ4v) is 4.77. The lowest BCUT2D eigenvalue weighted by Gasteiger charge is -2.22. The van der Waals surface area contributed by atoms with E-state index in [0.29, 0.717) is 22.9 Å². The molecule has 0 radical (unpaired) electrons. The van der Waals surface area contributed by atoms with Crippen LogP contribution >= 0.6 is 11.8 Å². The van der Waals surface area contributed by atoms with Gasteiger partial charge in [0.15, 0.2) is 0 Å². The predicted molar refractivity (Wildman–Crippen MR) is 129 cm³/mol. The minimum Gasteiger partial charge on any atom is -0.326 e. The Labute approximate surface area is 195 Å². The minimum absolute atomic E-state index is 0.132. The van der Waals surface area contributed by atoms with E-state index in [4.69, 9.17) is 0 Å². The Morgan fingerprint density at radius 1 is 1.06 bits per heavy atom. The van der Waals surface area contributed by atoms with E-state index in [1.807, 2.05) is 18.2 Å². The number of benzene rings is 1. The van der Waals surface area contributed by atoms with Crippen LogP contribution in [-0.2, 0) is 29.0 Å². The van der Waals surface area contributed by atoms with Gasteiger partial charge in [0.1, 0.15) is 5.03 Å². The van der Waals surface area contributed by atoms with Crippen LogP contribution in [0.25, 0.3) is 0 Å². The number of carbonyl (C=O) groups is 2. The number of nitrogens with zero attached hydrogens (tertiary/aromatic N) is 3. The summed E-state index contributed by atoms with van der Waals surface area (Å²) in [5.74, 6) is -0.250. The molecule has 9 heteroatoms. The average Bonchev–Trinajstić information content (AvgIpc) is 2.80. The van der Waals surface area contributed by atoms with Crippen molar-refractivity contribution >= 4 is 35.0 Å². The molecule has 0 saturated carbocycles. The number of hydrogen-bond acceptors (Lipinski definition) is 6. The Morgan fingerprint density at radius 3 is 2.61 bits per heavy atom. The number of aromatic nitrogens is 3. The number of anilines is 2. The van der Waals surface area contributed by atoms with Gasteiger partial charge >= 0.3 is 5.69 Å². The topological polar surface area (TPSA) is 106 Å². The first-order valence-corrected chi connectivity index (χ1v) is 11.8. The van der Waals surface area contributed by atoms with Crippen LogP contribution in [0.4, 0.5) is 11.4 Å². The summed E-state index contributed by atoms with van der Waals surface area (Å²) in [6.07, 6.45) is 5.43. The highest BCUT2D eigenvalue weighted by atomic mass is 32.2. The lowest BCUT2D eigenvalue weighted by atomic mass is 9.97. The predicted octanol–water partition coefficient (Wildman–Crippen LogP) is 3.25. The summed E-state index contributed by atoms with van der Waals surface area (Å²) in [6.45, 7) is 1.82. The van der Waals surface area contributed by atoms with Crippen molar-refractivity contribution in [2.24, 2.45) is 0 Å². The van der Waals surface area contributed by atoms with Gasteiger partial charge in [0.05, 0.1) is 18.0 Å². The molecule has 1 aliphatic rings. The fraction of sp³-hybridized carbons (Fsp3) is 0.292. The summed E-state index contributed by atoms with van der Waals surface area (Å²) in [4.78, 5) is 45.3. The van der Waals surface area contributed by atoms with E-state index < -0.39 is 0 Å². The molecule has 4 rings (SSSR count). The Kier molecular flexibility index (Phi) is 7.19. The van der Waals surface area contributed by atoms with E-state index >= 15 is 0 Å². The Bertz CT molecular complexity index is 1230. The highest BCUT2D eigenvalue weighted by molar-refractivity contribution is 8.00. The molecule has 2 N–H and O–H groups in total. The van der Waals surface area contributed by atoms with Gasteiger partial charge < -0.3 is 10.6 Å². The standard InChI is InChI=1S/C24H25N5O3S/c1-16(30)26-17-8-6-9-18(13-17)27-22(31)15-33-23-20-10-2-3-11-21(20)29(24(32)28-23)14-19-7-4-5-12-25-19/h4-9,12-13H,2-3,10-11,14-15H2,1H3,(H,26,30)(H,27,31). The van der Waals surface area contributed by atoms with Crippen LogP contribution in [0.5, 0.6) is 0 Å². The van der Waals surface area contributed by atoms with Crippen molar-refractivity contribution < 1.29 is 9.59 Å². The molecular formula is C24H25N5O3S. The number of nitrogens with one attached hydrogen (secondary N) is 2. The number of hydrogen-bond donors (Lipinski definition) is 2. The van der Waals surface area contributed by atoms with Crippen molar-refractivity contribution in [3.05, 3.63) is 76.1 Å². The van der Waals surface area contributed by atoms with Gasteiger partial charge in [-0.15, -0.1) is 0 Å². The maximum atomic E-state index is 12.9. The van der Waals surface area contributed by atoms with Crippen LogP contribution in [0, 0.1) is 0 Å². The zero-order valence-electron chi connectivity index (χ0n) is 18.3. The Morgan fingerprint density at radius 2 is 1.85 bits per heavy atom. The zero-order chi connectivity index (χ0) is 23.2. The van der Waals surface area contributed by atoms with Crippen LogP contribution in [0.2, 0.25) is 0 Å². The SMILES string of the molecule is CC(=O)Nc1cccc(NC(=O)CSc2nc(=O)n(Cc3ccccn3)c3c2CCCC3)c1. The molecule has 0 fully saturated rings. The fourth-order valence-electron chi connectivity index (χ4n) is 3.89. The third-order valence-electron chi connectivity index (χ3n) is 5.30. The molecule has 1 aromatic carbocycles. The number of thioether (sulfide) groups is 1. The van der Waals surface area contributed by atoms with Gasteiger partial charge in [-0.05, 0) is 56.0 Å². The number of rotatable bonds is 7. The molecule has 0 unspecified atom stereocenters. The molecule has 0 saturated heterocycles. The number of fused-ring (bicyclic) bond motifs is 1. The molecule has 33 heavy (non-hydrogen) atoms. The highest BCUT2D eigenvalue weighted by Crippen LogP contribution is 2.29. The van der Waals surface area contributed by atoms with E-state index in [9.17, 15) is 14.4 Å². The van der Waals surface area contributed by atoms with E-state index in [2.05, 4.69) is 20.6 Å². The van der Waals surface area contributed by atoms with Crippen molar-refractivity contribution in [1.29, 1.82) is 0 Å². The second kappa shape index (κ2) is 10.4. The van der Waals surface area contributed by atoms with Crippen LogP contribution < -0.4 is 16.3 Å². The molecule has 0 atom stereocenters. The normalized spacial score (nSPS) is 12.6. The number of pyridine rings is 1. The maximum Gasteiger partial charge on any atom is 0.349 e. The van der Waals surface area contributed by atoms with Crippen LogP contribution in [0.3, 0.4) is 0 Å². The molecule has 3 aromatic rings. The van der Waals surface area contributed by atoms with Crippen molar-refractivity contribution in [3.63, 3.8) is 0 Å². The minimum atomic E-state index is -0.313. The third-order valence-corrected chi connectivity index (χ3v) is 6.32. The molecule has 2 heterocycles. The van der Waals surface area contributed by atoms with Crippen molar-refractivity contribution in [2.75, 3.05) is 16.4 Å². The summed E-state index contributed by atoms with van der Waals surface area (Å²) in [6, 6.07) is 12.6. The van der Waals surface area contributed by atoms with E-state index in [1.165, 1.54) is 18.7 Å². The van der Waals surface area contributed by atoms with Gasteiger partial charge in [-0.25, -0.2) is 4.79 Å². The first-order chi connectivity index (χ1) is 16.0. The smallest absolute Gasteiger partial charge is 0.326 e. The number of carbonyl (C=O) groups excluding carboxylic acids is 2. The molecular weight excluding hydrogens is 438 g/mol. The largest absolute Gasteiger partial charge is 0.349 e. The lowest BCUT2D eigenvalue weighted by Crippen LogP contribution is -2.31. The van der Waals surface area contributed by atoms with Crippen LogP contribution in [0.1, 0.15) is 36.7 Å². The highest BCUT2D eigenvalue weighted by Gasteiger charge is 2.21. The lowest BCUT2D eigenvalue weighted by molar-refractivity contribution is -0.114. The summed E-state index contributed by atoms with van der Waals surface area (Å²) in [5, 5.41) is 6.16. The van der Waals surface area contributed by atoms with Crippen molar-refractivity contribution in [2.45, 2.75) is 44.2 Å². The van der Waals surface area contributed by atoms with Crippen LogP contribution in [-0.4, -0.2) is 32.1 Å². The molecule has 2 amide bonds. The first kappa shape index (κ1) is 22.7. The van der Waals surface area contributed by atoms with Gasteiger partial charge in [-0.3, -0.25) is 19.1 Å². The van der Waals surface area contributed by atoms with E-state index in [0.717, 1.165) is 42.6 Å². The first-order valence-electron chi connectivity index (χ1n) is 10.8. The molecule has 2 aromatic heterocycles. The van der Waals surface area contributed by atoms with Gasteiger partial charge in [0.2, 0.25) is 11.8 Å². The Balaban J connectivity index is 1.48. The zero-order valence-corrected chi connectivity index (χ0v) is 19.2. The van der Waals surface area contributed by atoms with Gasteiger partial charge in [0, 0.05) is 35.8 Å². The van der Waals surface area contributed by atoms with E-state index in [-0.39, 0.29) is 23.3 Å². The molecule has 0 bridgehead atoms. The third kappa shape index (κ3) is 5.87. The quantitative estimate of drug-likeness (QED) is 0.412. The Hall–Kier alpha value is -3.46. The second-order valence-electron chi connectivity index (χ2n) is 7.84. The number of amides is 2. The van der Waals surface area contributed by atoms with Crippen LogP contribution in [0.15, 0.2) is 58.5 Å². The molecule has 1 aliphatic carbocycles. The van der Waals surface area contributed by atoms with Crippen molar-refractivity contribution in [1.82, 2.24) is 14.5 Å². The molecule has 0 spiro atoms. The molecule has 170 valence electrons. The van der Waals surface area contributed by atoms with Gasteiger partial charge in [0.25, 0.3) is 0 Å². The molecule has 0 aliphatic heterocycles. The summed E-state index contributed by atoms with van der Waals surface area (Å²) in [5.41, 5.74) is 3.76. The van der Waals surface area contributed by atoms with Gasteiger partial charge in [-0.2, -0.15) is 4.98 Å². The monoisotopic (exact) mass is 463 g/mol. The summed E-state index contributed by atoms with van der Waals surface area (Å²) >= 11 is 1.28.